The van der Waals surface area contributed by atoms with Crippen molar-refractivity contribution in [2.24, 2.45) is 0 Å². The van der Waals surface area contributed by atoms with Gasteiger partial charge in [-0.15, -0.1) is 24.8 Å². The summed E-state index contributed by atoms with van der Waals surface area (Å²) in [5, 5.41) is 8.48. The molecule has 1 heterocycles. The number of alkyl halides is 4. The molecule has 92 valence electrons. The second-order valence-electron chi connectivity index (χ2n) is 2.97. The fraction of sp³-hybridized carbons (Fsp3) is 0.333. The molecule has 0 spiro atoms. The highest BCUT2D eigenvalue weighted by molar-refractivity contribution is 6.17. The average Bonchev–Trinajstić information content (AvgIpc) is 2.15. The molecular formula is C9H6ClF3N2O2. The molecule has 0 amide bonds. The van der Waals surface area contributed by atoms with E-state index in [1.165, 1.54) is 0 Å². The summed E-state index contributed by atoms with van der Waals surface area (Å²) >= 11 is 5.47. The van der Waals surface area contributed by atoms with E-state index in [4.69, 9.17) is 16.9 Å². The van der Waals surface area contributed by atoms with Gasteiger partial charge in [0.25, 0.3) is 0 Å². The van der Waals surface area contributed by atoms with Gasteiger partial charge in [0, 0.05) is 17.3 Å². The Balaban J connectivity index is 3.21. The maximum atomic E-state index is 11.9. The number of H-pyrrole nitrogens is 1. The van der Waals surface area contributed by atoms with E-state index in [0.717, 1.165) is 0 Å². The lowest BCUT2D eigenvalue weighted by Gasteiger charge is -2.11. The highest BCUT2D eigenvalue weighted by Gasteiger charge is 2.32. The molecule has 0 fully saturated rings. The molecule has 0 aliphatic rings. The molecule has 1 aromatic rings. The zero-order valence-corrected chi connectivity index (χ0v) is 9.02. The van der Waals surface area contributed by atoms with Crippen LogP contribution < -0.4 is 10.2 Å². The SMILES string of the molecule is N#CCc1[nH]c(OC(F)(F)F)cc(=O)c1CCl. The predicted octanol–water partition coefficient (Wildman–Crippen LogP) is 2.08. The van der Waals surface area contributed by atoms with E-state index in [-0.39, 0.29) is 23.6 Å². The van der Waals surface area contributed by atoms with Crippen LogP contribution in [0.1, 0.15) is 11.3 Å². The van der Waals surface area contributed by atoms with Crippen LogP contribution in [0.4, 0.5) is 13.2 Å². The van der Waals surface area contributed by atoms with Gasteiger partial charge in [-0.1, -0.05) is 0 Å². The predicted molar refractivity (Wildman–Crippen MR) is 52.6 cm³/mol. The quantitative estimate of drug-likeness (QED) is 0.852. The van der Waals surface area contributed by atoms with Crippen LogP contribution in [0.2, 0.25) is 0 Å². The van der Waals surface area contributed by atoms with Crippen LogP contribution in [0.25, 0.3) is 0 Å². The smallest absolute Gasteiger partial charge is 0.390 e. The lowest BCUT2D eigenvalue weighted by Crippen LogP contribution is -2.21. The van der Waals surface area contributed by atoms with E-state index in [2.05, 4.69) is 9.72 Å². The van der Waals surface area contributed by atoms with Gasteiger partial charge in [-0.3, -0.25) is 4.79 Å². The van der Waals surface area contributed by atoms with E-state index < -0.39 is 17.7 Å². The maximum Gasteiger partial charge on any atom is 0.574 e. The molecule has 0 unspecified atom stereocenters. The summed E-state index contributed by atoms with van der Waals surface area (Å²) in [4.78, 5) is 13.6. The molecule has 0 aliphatic heterocycles. The Labute approximate surface area is 98.6 Å². The number of nitrogens with one attached hydrogen (secondary N) is 1. The molecule has 0 bridgehead atoms. The van der Waals surface area contributed by atoms with Gasteiger partial charge < -0.3 is 9.72 Å². The van der Waals surface area contributed by atoms with Crippen molar-refractivity contribution in [2.75, 3.05) is 0 Å². The van der Waals surface area contributed by atoms with E-state index in [9.17, 15) is 18.0 Å². The van der Waals surface area contributed by atoms with Crippen molar-refractivity contribution < 1.29 is 17.9 Å². The van der Waals surface area contributed by atoms with Crippen LogP contribution in [-0.2, 0) is 12.3 Å². The Hall–Kier alpha value is -1.68. The number of pyridine rings is 1. The Bertz CT molecular complexity index is 504. The fourth-order valence-corrected chi connectivity index (χ4v) is 1.46. The van der Waals surface area contributed by atoms with Gasteiger partial charge >= 0.3 is 6.36 Å². The number of aromatic amines is 1. The van der Waals surface area contributed by atoms with Gasteiger partial charge in [0.15, 0.2) is 5.43 Å². The first-order valence-corrected chi connectivity index (χ1v) is 4.84. The number of nitriles is 1. The summed E-state index contributed by atoms with van der Waals surface area (Å²) in [6, 6.07) is 2.36. The van der Waals surface area contributed by atoms with Crippen molar-refractivity contribution in [2.45, 2.75) is 18.7 Å². The van der Waals surface area contributed by atoms with E-state index in [1.807, 2.05) is 0 Å². The van der Waals surface area contributed by atoms with E-state index in [0.29, 0.717) is 6.07 Å². The first-order chi connectivity index (χ1) is 7.87. The van der Waals surface area contributed by atoms with Crippen LogP contribution >= 0.6 is 11.6 Å². The van der Waals surface area contributed by atoms with Gasteiger partial charge in [0.1, 0.15) is 0 Å². The lowest BCUT2D eigenvalue weighted by molar-refractivity contribution is -0.276. The van der Waals surface area contributed by atoms with Crippen LogP contribution in [0.5, 0.6) is 5.88 Å². The van der Waals surface area contributed by atoms with Crippen LogP contribution in [0.3, 0.4) is 0 Å². The monoisotopic (exact) mass is 266 g/mol. The van der Waals surface area contributed by atoms with Gasteiger partial charge in [0.2, 0.25) is 5.88 Å². The molecule has 0 aliphatic carbocycles. The minimum Gasteiger partial charge on any atom is -0.390 e. The average molecular weight is 267 g/mol. The number of halogens is 4. The molecule has 1 rings (SSSR count). The Morgan fingerprint density at radius 1 is 1.53 bits per heavy atom. The second-order valence-corrected chi connectivity index (χ2v) is 3.24. The summed E-state index contributed by atoms with van der Waals surface area (Å²) in [5.41, 5.74) is -0.625. The highest BCUT2D eigenvalue weighted by Crippen LogP contribution is 2.21. The number of hydrogen-bond acceptors (Lipinski definition) is 3. The molecule has 1 N–H and O–H groups in total. The molecule has 17 heavy (non-hydrogen) atoms. The Kier molecular flexibility index (Phi) is 4.02. The maximum absolute atomic E-state index is 11.9. The summed E-state index contributed by atoms with van der Waals surface area (Å²) < 4.78 is 39.4. The molecular weight excluding hydrogens is 261 g/mol. The largest absolute Gasteiger partial charge is 0.574 e. The molecule has 0 atom stereocenters. The summed E-state index contributed by atoms with van der Waals surface area (Å²) in [5.74, 6) is -0.958. The number of ether oxygens (including phenoxy) is 1. The van der Waals surface area contributed by atoms with Gasteiger partial charge in [-0.25, -0.2) is 0 Å². The minimum atomic E-state index is -4.91. The zero-order valence-electron chi connectivity index (χ0n) is 8.27. The number of aromatic nitrogens is 1. The van der Waals surface area contributed by atoms with Crippen LogP contribution in [0, 0.1) is 11.3 Å². The van der Waals surface area contributed by atoms with Gasteiger partial charge in [-0.05, 0) is 0 Å². The van der Waals surface area contributed by atoms with Crippen LogP contribution in [-0.4, -0.2) is 11.3 Å². The van der Waals surface area contributed by atoms with Crippen molar-refractivity contribution in [1.29, 1.82) is 5.26 Å². The van der Waals surface area contributed by atoms with Crippen LogP contribution in [0.15, 0.2) is 10.9 Å². The Morgan fingerprint density at radius 3 is 2.65 bits per heavy atom. The first-order valence-electron chi connectivity index (χ1n) is 4.31. The van der Waals surface area contributed by atoms with Crippen molar-refractivity contribution in [3.63, 3.8) is 0 Å². The third-order valence-electron chi connectivity index (χ3n) is 1.81. The van der Waals surface area contributed by atoms with Crippen molar-refractivity contribution in [1.82, 2.24) is 4.98 Å². The fourth-order valence-electron chi connectivity index (χ4n) is 1.17. The third-order valence-corrected chi connectivity index (χ3v) is 2.08. The van der Waals surface area contributed by atoms with Gasteiger partial charge in [0.05, 0.1) is 18.4 Å². The molecule has 4 nitrogen and oxygen atoms in total. The molecule has 0 radical (unpaired) electrons. The van der Waals surface area contributed by atoms with Crippen molar-refractivity contribution >= 4 is 11.6 Å². The number of hydrogen-bond donors (Lipinski definition) is 1. The van der Waals surface area contributed by atoms with Crippen molar-refractivity contribution in [3.05, 3.63) is 27.5 Å². The number of rotatable bonds is 3. The summed E-state index contributed by atoms with van der Waals surface area (Å²) in [6.07, 6.45) is -5.16. The topological polar surface area (TPSA) is 65.9 Å². The Morgan fingerprint density at radius 2 is 2.18 bits per heavy atom. The molecule has 8 heteroatoms. The lowest BCUT2D eigenvalue weighted by atomic mass is 10.1. The molecule has 1 aromatic heterocycles. The highest BCUT2D eigenvalue weighted by atomic mass is 35.5. The molecule has 0 saturated heterocycles. The van der Waals surface area contributed by atoms with Gasteiger partial charge in [-0.2, -0.15) is 5.26 Å². The van der Waals surface area contributed by atoms with E-state index in [1.54, 1.807) is 6.07 Å². The number of nitrogens with zero attached hydrogens (tertiary/aromatic N) is 1. The standard InChI is InChI=1S/C9H6ClF3N2O2/c10-4-5-6(1-2-14)15-8(3-7(5)16)17-9(11,12)13/h3H,1,4H2,(H,15,16). The van der Waals surface area contributed by atoms with Crippen molar-refractivity contribution in [3.8, 4) is 11.9 Å². The summed E-state index contributed by atoms with van der Waals surface area (Å²) in [7, 11) is 0. The minimum absolute atomic E-state index is 0.0225. The van der Waals surface area contributed by atoms with E-state index >= 15 is 0 Å². The second kappa shape index (κ2) is 5.10. The molecule has 0 saturated carbocycles. The molecule has 0 aromatic carbocycles. The third kappa shape index (κ3) is 3.67. The first kappa shape index (κ1) is 13.4. The normalized spacial score (nSPS) is 11.0. The summed E-state index contributed by atoms with van der Waals surface area (Å²) in [6.45, 7) is 0. The zero-order chi connectivity index (χ0) is 13.1.